The van der Waals surface area contributed by atoms with Crippen LogP contribution >= 0.6 is 12.4 Å². The molecule has 0 unspecified atom stereocenters. The molecule has 124 valence electrons. The zero-order valence-corrected chi connectivity index (χ0v) is 14.5. The lowest BCUT2D eigenvalue weighted by Gasteiger charge is -2.34. The van der Waals surface area contributed by atoms with Gasteiger partial charge in [-0.2, -0.15) is 0 Å². The minimum Gasteiger partial charge on any atom is -0.381 e. The number of carbonyl (C=O) groups excluding carboxylic acids is 1. The number of benzene rings is 1. The van der Waals surface area contributed by atoms with Crippen LogP contribution < -0.4 is 11.1 Å². The molecule has 0 bridgehead atoms. The molecule has 0 atom stereocenters. The molecule has 1 aliphatic rings. The monoisotopic (exact) mass is 326 g/mol. The molecule has 0 spiro atoms. The van der Waals surface area contributed by atoms with Gasteiger partial charge in [-0.05, 0) is 36.0 Å². The van der Waals surface area contributed by atoms with Crippen LogP contribution in [0.2, 0.25) is 0 Å². The quantitative estimate of drug-likeness (QED) is 0.897. The minimum absolute atomic E-state index is 0. The van der Waals surface area contributed by atoms with Gasteiger partial charge in [0.15, 0.2) is 0 Å². The van der Waals surface area contributed by atoms with E-state index in [0.717, 1.165) is 5.69 Å². The Morgan fingerprint density at radius 2 is 1.77 bits per heavy atom. The van der Waals surface area contributed by atoms with Crippen molar-refractivity contribution in [1.82, 2.24) is 0 Å². The second-order valence-corrected chi connectivity index (χ2v) is 6.88. The standard InChI is InChI=1S/C17H26N2O2.ClH/c1-16(2,3)13-4-6-14(7-5-13)19-15(20)17(12-18)8-10-21-11-9-17;/h4-7H,8-12,18H2,1-3H3,(H,19,20);1H. The SMILES string of the molecule is CC(C)(C)c1ccc(NC(=O)C2(CN)CCOCC2)cc1.Cl. The lowest BCUT2D eigenvalue weighted by atomic mass is 9.79. The molecule has 1 aromatic rings. The van der Waals surface area contributed by atoms with Crippen molar-refractivity contribution in [1.29, 1.82) is 0 Å². The van der Waals surface area contributed by atoms with Crippen molar-refractivity contribution < 1.29 is 9.53 Å². The normalized spacial score (nSPS) is 17.5. The van der Waals surface area contributed by atoms with E-state index in [-0.39, 0.29) is 23.7 Å². The smallest absolute Gasteiger partial charge is 0.232 e. The van der Waals surface area contributed by atoms with Crippen LogP contribution in [0.1, 0.15) is 39.2 Å². The predicted molar refractivity (Wildman–Crippen MR) is 92.6 cm³/mol. The molecule has 5 heteroatoms. The Bertz CT molecular complexity index is 488. The van der Waals surface area contributed by atoms with Gasteiger partial charge in [-0.25, -0.2) is 0 Å². The highest BCUT2D eigenvalue weighted by Crippen LogP contribution is 2.31. The first-order valence-corrected chi connectivity index (χ1v) is 7.57. The van der Waals surface area contributed by atoms with Crippen LogP contribution in [0.15, 0.2) is 24.3 Å². The molecule has 1 heterocycles. The lowest BCUT2D eigenvalue weighted by Crippen LogP contribution is -2.46. The van der Waals surface area contributed by atoms with Crippen molar-refractivity contribution in [2.75, 3.05) is 25.1 Å². The molecule has 4 nitrogen and oxygen atoms in total. The van der Waals surface area contributed by atoms with E-state index in [0.29, 0.717) is 32.6 Å². The zero-order chi connectivity index (χ0) is 15.5. The molecule has 0 saturated carbocycles. The largest absolute Gasteiger partial charge is 0.381 e. The molecule has 1 amide bonds. The number of anilines is 1. The zero-order valence-electron chi connectivity index (χ0n) is 13.6. The predicted octanol–water partition coefficient (Wildman–Crippen LogP) is 3.10. The fourth-order valence-electron chi connectivity index (χ4n) is 2.60. The molecule has 3 N–H and O–H groups in total. The van der Waals surface area contributed by atoms with Crippen molar-refractivity contribution in [2.45, 2.75) is 39.0 Å². The number of halogens is 1. The summed E-state index contributed by atoms with van der Waals surface area (Å²) in [5.41, 5.74) is 7.56. The van der Waals surface area contributed by atoms with Crippen molar-refractivity contribution in [3.8, 4) is 0 Å². The summed E-state index contributed by atoms with van der Waals surface area (Å²) in [5, 5.41) is 3.01. The number of nitrogens with two attached hydrogens (primary N) is 1. The van der Waals surface area contributed by atoms with E-state index < -0.39 is 5.41 Å². The number of nitrogens with one attached hydrogen (secondary N) is 1. The summed E-state index contributed by atoms with van der Waals surface area (Å²) in [6.07, 6.45) is 1.38. The number of ether oxygens (including phenoxy) is 1. The fourth-order valence-corrected chi connectivity index (χ4v) is 2.60. The third-order valence-electron chi connectivity index (χ3n) is 4.33. The third-order valence-corrected chi connectivity index (χ3v) is 4.33. The maximum atomic E-state index is 12.6. The van der Waals surface area contributed by atoms with E-state index in [4.69, 9.17) is 10.5 Å². The van der Waals surface area contributed by atoms with Gasteiger partial charge in [0.25, 0.3) is 0 Å². The molecule has 1 fully saturated rings. The molecular weight excluding hydrogens is 300 g/mol. The van der Waals surface area contributed by atoms with Gasteiger partial charge >= 0.3 is 0 Å². The summed E-state index contributed by atoms with van der Waals surface area (Å²) in [5.74, 6) is 0.0109. The van der Waals surface area contributed by atoms with E-state index >= 15 is 0 Å². The lowest BCUT2D eigenvalue weighted by molar-refractivity contribution is -0.130. The Morgan fingerprint density at radius 3 is 2.23 bits per heavy atom. The van der Waals surface area contributed by atoms with Crippen molar-refractivity contribution in [3.05, 3.63) is 29.8 Å². The van der Waals surface area contributed by atoms with Gasteiger partial charge in [-0.15, -0.1) is 12.4 Å². The first kappa shape index (κ1) is 18.9. The molecule has 1 aliphatic heterocycles. The summed E-state index contributed by atoms with van der Waals surface area (Å²) < 4.78 is 5.34. The second kappa shape index (κ2) is 7.44. The molecule has 0 radical (unpaired) electrons. The highest BCUT2D eigenvalue weighted by atomic mass is 35.5. The Kier molecular flexibility index (Phi) is 6.41. The van der Waals surface area contributed by atoms with Crippen LogP contribution in [0.3, 0.4) is 0 Å². The molecule has 22 heavy (non-hydrogen) atoms. The molecule has 1 aromatic carbocycles. The molecule has 1 saturated heterocycles. The van der Waals surface area contributed by atoms with E-state index in [1.165, 1.54) is 5.56 Å². The number of hydrogen-bond donors (Lipinski definition) is 2. The number of amides is 1. The Labute approximate surface area is 139 Å². The van der Waals surface area contributed by atoms with Crippen LogP contribution in [0, 0.1) is 5.41 Å². The number of rotatable bonds is 3. The van der Waals surface area contributed by atoms with Gasteiger partial charge in [0.2, 0.25) is 5.91 Å². The minimum atomic E-state index is -0.485. The highest BCUT2D eigenvalue weighted by Gasteiger charge is 2.38. The average Bonchev–Trinajstić information content (AvgIpc) is 2.47. The van der Waals surface area contributed by atoms with Gasteiger partial charge in [-0.3, -0.25) is 4.79 Å². The van der Waals surface area contributed by atoms with Crippen LogP contribution in [-0.2, 0) is 14.9 Å². The van der Waals surface area contributed by atoms with Gasteiger partial charge in [0, 0.05) is 25.4 Å². The van der Waals surface area contributed by atoms with Crippen LogP contribution in [-0.4, -0.2) is 25.7 Å². The van der Waals surface area contributed by atoms with E-state index in [1.807, 2.05) is 12.1 Å². The van der Waals surface area contributed by atoms with E-state index in [9.17, 15) is 4.79 Å². The van der Waals surface area contributed by atoms with Crippen molar-refractivity contribution >= 4 is 24.0 Å². The average molecular weight is 327 g/mol. The molecule has 0 aromatic heterocycles. The van der Waals surface area contributed by atoms with Gasteiger partial charge < -0.3 is 15.8 Å². The molecule has 2 rings (SSSR count). The van der Waals surface area contributed by atoms with Gasteiger partial charge in [-0.1, -0.05) is 32.9 Å². The summed E-state index contributed by atoms with van der Waals surface area (Å²) in [4.78, 5) is 12.6. The summed E-state index contributed by atoms with van der Waals surface area (Å²) >= 11 is 0. The van der Waals surface area contributed by atoms with Crippen LogP contribution in [0.4, 0.5) is 5.69 Å². The van der Waals surface area contributed by atoms with Crippen molar-refractivity contribution in [2.24, 2.45) is 11.1 Å². The maximum absolute atomic E-state index is 12.6. The van der Waals surface area contributed by atoms with Crippen LogP contribution in [0.25, 0.3) is 0 Å². The second-order valence-electron chi connectivity index (χ2n) is 6.88. The Balaban J connectivity index is 0.00000242. The Hall–Kier alpha value is -1.10. The van der Waals surface area contributed by atoms with E-state index in [1.54, 1.807) is 0 Å². The first-order valence-electron chi connectivity index (χ1n) is 7.57. The summed E-state index contributed by atoms with van der Waals surface area (Å²) in [6, 6.07) is 8.05. The maximum Gasteiger partial charge on any atom is 0.232 e. The van der Waals surface area contributed by atoms with E-state index in [2.05, 4.69) is 38.2 Å². The van der Waals surface area contributed by atoms with Gasteiger partial charge in [0.1, 0.15) is 0 Å². The summed E-state index contributed by atoms with van der Waals surface area (Å²) in [6.45, 7) is 8.09. The molecular formula is C17H27ClN2O2. The first-order chi connectivity index (χ1) is 9.87. The fraction of sp³-hybridized carbons (Fsp3) is 0.588. The summed E-state index contributed by atoms with van der Waals surface area (Å²) in [7, 11) is 0. The molecule has 0 aliphatic carbocycles. The number of carbonyl (C=O) groups is 1. The topological polar surface area (TPSA) is 64.4 Å². The number of hydrogen-bond acceptors (Lipinski definition) is 3. The van der Waals surface area contributed by atoms with Gasteiger partial charge in [0.05, 0.1) is 5.41 Å². The third kappa shape index (κ3) is 4.22. The highest BCUT2D eigenvalue weighted by molar-refractivity contribution is 5.95. The van der Waals surface area contributed by atoms with Crippen LogP contribution in [0.5, 0.6) is 0 Å². The Morgan fingerprint density at radius 1 is 1.23 bits per heavy atom. The van der Waals surface area contributed by atoms with Crippen molar-refractivity contribution in [3.63, 3.8) is 0 Å².